The monoisotopic (exact) mass is 443 g/mol. The molecule has 0 atom stereocenters. The van der Waals surface area contributed by atoms with Gasteiger partial charge in [-0.2, -0.15) is 5.10 Å². The maximum Gasteiger partial charge on any atom is 0.273 e. The highest BCUT2D eigenvalue weighted by Gasteiger charge is 2.13. The quantitative estimate of drug-likeness (QED) is 0.308. The van der Waals surface area contributed by atoms with Gasteiger partial charge in [-0.15, -0.1) is 0 Å². The summed E-state index contributed by atoms with van der Waals surface area (Å²) < 4.78 is 11.3. The van der Waals surface area contributed by atoms with Crippen LogP contribution in [0.5, 0.6) is 11.5 Å². The minimum Gasteiger partial charge on any atom is -0.493 e. The van der Waals surface area contributed by atoms with Crippen molar-refractivity contribution in [3.63, 3.8) is 0 Å². The summed E-state index contributed by atoms with van der Waals surface area (Å²) in [5, 5.41) is 5.02. The number of methoxy groups -OCH3 is 1. The molecular weight excluding hydrogens is 425 g/mol. The van der Waals surface area contributed by atoms with Crippen LogP contribution in [0.1, 0.15) is 21.5 Å². The molecule has 0 saturated carbocycles. The van der Waals surface area contributed by atoms with Crippen molar-refractivity contribution in [3.05, 3.63) is 87.4 Å². The molecule has 3 aromatic rings. The van der Waals surface area contributed by atoms with Gasteiger partial charge in [0, 0.05) is 26.9 Å². The number of nitrogens with two attached hydrogens (primary N) is 1. The Hall–Kier alpha value is -3.22. The molecule has 0 radical (unpaired) electrons. The van der Waals surface area contributed by atoms with Crippen LogP contribution in [0.25, 0.3) is 0 Å². The molecule has 0 bridgehead atoms. The third-order valence-electron chi connectivity index (χ3n) is 4.23. The Kier molecular flexibility index (Phi) is 7.17. The lowest BCUT2D eigenvalue weighted by Gasteiger charge is -2.14. The molecule has 6 nitrogen and oxygen atoms in total. The number of hydrogen-bond acceptors (Lipinski definition) is 5. The SMILES string of the molecule is COc1cccc(/C=N/NC(=O)c2ccccc2N)c1OCc1c(Cl)cccc1Cl. The van der Waals surface area contributed by atoms with Gasteiger partial charge in [0.05, 0.1) is 18.9 Å². The molecule has 0 aliphatic carbocycles. The molecule has 0 spiro atoms. The van der Waals surface area contributed by atoms with Gasteiger partial charge in [-0.25, -0.2) is 5.43 Å². The van der Waals surface area contributed by atoms with Crippen LogP contribution in [-0.2, 0) is 6.61 Å². The van der Waals surface area contributed by atoms with E-state index in [1.54, 1.807) is 60.7 Å². The van der Waals surface area contributed by atoms with Gasteiger partial charge < -0.3 is 15.2 Å². The number of halogens is 2. The van der Waals surface area contributed by atoms with Crippen LogP contribution in [0, 0.1) is 0 Å². The van der Waals surface area contributed by atoms with Gasteiger partial charge >= 0.3 is 0 Å². The smallest absolute Gasteiger partial charge is 0.273 e. The topological polar surface area (TPSA) is 85.9 Å². The molecule has 0 unspecified atom stereocenters. The number of carbonyl (C=O) groups is 1. The average molecular weight is 444 g/mol. The van der Waals surface area contributed by atoms with E-state index >= 15 is 0 Å². The van der Waals surface area contributed by atoms with E-state index in [1.165, 1.54) is 13.3 Å². The third-order valence-corrected chi connectivity index (χ3v) is 4.94. The highest BCUT2D eigenvalue weighted by molar-refractivity contribution is 6.35. The zero-order valence-electron chi connectivity index (χ0n) is 16.1. The predicted molar refractivity (Wildman–Crippen MR) is 120 cm³/mol. The number of nitrogen functional groups attached to an aromatic ring is 1. The Morgan fingerprint density at radius 3 is 2.47 bits per heavy atom. The second-order valence-corrected chi connectivity index (χ2v) is 6.97. The van der Waals surface area contributed by atoms with Crippen molar-refractivity contribution in [1.29, 1.82) is 0 Å². The van der Waals surface area contributed by atoms with Crippen molar-refractivity contribution in [1.82, 2.24) is 5.43 Å². The maximum atomic E-state index is 12.3. The molecule has 154 valence electrons. The van der Waals surface area contributed by atoms with Gasteiger partial charge in [0.2, 0.25) is 0 Å². The minimum absolute atomic E-state index is 0.132. The van der Waals surface area contributed by atoms with Crippen molar-refractivity contribution in [2.75, 3.05) is 12.8 Å². The number of ether oxygens (including phenoxy) is 2. The number of anilines is 1. The molecule has 30 heavy (non-hydrogen) atoms. The summed E-state index contributed by atoms with van der Waals surface area (Å²) in [6, 6.07) is 17.3. The van der Waals surface area contributed by atoms with E-state index in [9.17, 15) is 4.79 Å². The van der Waals surface area contributed by atoms with Gasteiger partial charge in [0.25, 0.3) is 5.91 Å². The van der Waals surface area contributed by atoms with E-state index in [4.69, 9.17) is 38.4 Å². The number of benzene rings is 3. The number of hydrogen-bond donors (Lipinski definition) is 2. The fourth-order valence-electron chi connectivity index (χ4n) is 2.69. The lowest BCUT2D eigenvalue weighted by atomic mass is 10.2. The van der Waals surface area contributed by atoms with E-state index in [0.29, 0.717) is 43.9 Å². The number of amides is 1. The summed E-state index contributed by atoms with van der Waals surface area (Å²) in [7, 11) is 1.53. The first-order valence-electron chi connectivity index (χ1n) is 8.92. The number of rotatable bonds is 7. The molecule has 0 aliphatic heterocycles. The van der Waals surface area contributed by atoms with Crippen molar-refractivity contribution in [3.8, 4) is 11.5 Å². The third kappa shape index (κ3) is 5.03. The number of hydrazone groups is 1. The number of nitrogens with zero attached hydrogens (tertiary/aromatic N) is 1. The molecule has 1 amide bonds. The van der Waals surface area contributed by atoms with Crippen LogP contribution in [0.3, 0.4) is 0 Å². The number of para-hydroxylation sites is 2. The van der Waals surface area contributed by atoms with E-state index in [0.717, 1.165) is 0 Å². The Labute approximate surface area is 184 Å². The summed E-state index contributed by atoms with van der Waals surface area (Å²) in [6.45, 7) is 0.132. The molecule has 0 saturated heterocycles. The summed E-state index contributed by atoms with van der Waals surface area (Å²) in [4.78, 5) is 12.3. The molecule has 0 fully saturated rings. The highest BCUT2D eigenvalue weighted by Crippen LogP contribution is 2.33. The van der Waals surface area contributed by atoms with Crippen LogP contribution in [-0.4, -0.2) is 19.2 Å². The molecule has 0 aliphatic rings. The first-order valence-corrected chi connectivity index (χ1v) is 9.67. The van der Waals surface area contributed by atoms with E-state index < -0.39 is 5.91 Å². The van der Waals surface area contributed by atoms with Crippen molar-refractivity contribution >= 4 is 41.0 Å². The standard InChI is InChI=1S/C22H19Cl2N3O3/c1-29-20-11-4-6-14(12-26-27-22(28)15-7-2-3-10-19(15)25)21(20)30-13-16-17(23)8-5-9-18(16)24/h2-12H,13,25H2,1H3,(H,27,28)/b26-12+. The Morgan fingerprint density at radius 2 is 1.77 bits per heavy atom. The fraction of sp³-hybridized carbons (Fsp3) is 0.0909. The van der Waals surface area contributed by atoms with Crippen molar-refractivity contribution in [2.24, 2.45) is 5.10 Å². The molecule has 8 heteroatoms. The summed E-state index contributed by atoms with van der Waals surface area (Å²) in [5.74, 6) is 0.520. The summed E-state index contributed by atoms with van der Waals surface area (Å²) in [6.07, 6.45) is 1.46. The average Bonchev–Trinajstić information content (AvgIpc) is 2.74. The second-order valence-electron chi connectivity index (χ2n) is 6.15. The minimum atomic E-state index is -0.419. The lowest BCUT2D eigenvalue weighted by Crippen LogP contribution is -2.19. The van der Waals surface area contributed by atoms with Crippen molar-refractivity contribution < 1.29 is 14.3 Å². The van der Waals surface area contributed by atoms with Gasteiger partial charge in [0.1, 0.15) is 6.61 Å². The van der Waals surface area contributed by atoms with Crippen LogP contribution in [0.4, 0.5) is 5.69 Å². The van der Waals surface area contributed by atoms with E-state index in [-0.39, 0.29) is 6.61 Å². The zero-order valence-corrected chi connectivity index (χ0v) is 17.6. The van der Waals surface area contributed by atoms with Gasteiger partial charge in [0.15, 0.2) is 11.5 Å². The largest absolute Gasteiger partial charge is 0.493 e. The highest BCUT2D eigenvalue weighted by atomic mass is 35.5. The first kappa shape index (κ1) is 21.5. The lowest BCUT2D eigenvalue weighted by molar-refractivity contribution is 0.0956. The molecule has 3 rings (SSSR count). The van der Waals surface area contributed by atoms with Crippen LogP contribution < -0.4 is 20.6 Å². The normalized spacial score (nSPS) is 10.8. The van der Waals surface area contributed by atoms with E-state index in [2.05, 4.69) is 10.5 Å². The van der Waals surface area contributed by atoms with Crippen LogP contribution >= 0.6 is 23.2 Å². The van der Waals surface area contributed by atoms with Gasteiger partial charge in [-0.05, 0) is 36.4 Å². The first-order chi connectivity index (χ1) is 14.5. The predicted octanol–water partition coefficient (Wildman–Crippen LogP) is 4.93. The second kappa shape index (κ2) is 10.0. The van der Waals surface area contributed by atoms with Crippen molar-refractivity contribution in [2.45, 2.75) is 6.61 Å². The maximum absolute atomic E-state index is 12.3. The number of carbonyl (C=O) groups excluding carboxylic acids is 1. The fourth-order valence-corrected chi connectivity index (χ4v) is 3.20. The Morgan fingerprint density at radius 1 is 1.07 bits per heavy atom. The summed E-state index contributed by atoms with van der Waals surface area (Å²) >= 11 is 12.4. The zero-order chi connectivity index (χ0) is 21.5. The van der Waals surface area contributed by atoms with Crippen LogP contribution in [0.15, 0.2) is 65.8 Å². The van der Waals surface area contributed by atoms with Gasteiger partial charge in [-0.1, -0.05) is 47.5 Å². The summed E-state index contributed by atoms with van der Waals surface area (Å²) in [5.41, 5.74) is 10.2. The molecule has 0 heterocycles. The van der Waals surface area contributed by atoms with E-state index in [1.807, 2.05) is 0 Å². The molecule has 3 aromatic carbocycles. The molecule has 0 aromatic heterocycles. The van der Waals surface area contributed by atoms with Crippen LogP contribution in [0.2, 0.25) is 10.0 Å². The number of nitrogens with one attached hydrogen (secondary N) is 1. The molecular formula is C22H19Cl2N3O3. The Balaban J connectivity index is 1.79. The molecule has 3 N–H and O–H groups in total. The van der Waals surface area contributed by atoms with Gasteiger partial charge in [-0.3, -0.25) is 4.79 Å². The Bertz CT molecular complexity index is 1070.